The highest BCUT2D eigenvalue weighted by molar-refractivity contribution is 5.85. The van der Waals surface area contributed by atoms with Crippen molar-refractivity contribution in [1.29, 1.82) is 0 Å². The van der Waals surface area contributed by atoms with Gasteiger partial charge in [0, 0.05) is 53.0 Å². The number of halogens is 2. The molecule has 27 heavy (non-hydrogen) atoms. The van der Waals surface area contributed by atoms with Gasteiger partial charge in [-0.2, -0.15) is 0 Å². The van der Waals surface area contributed by atoms with Crippen LogP contribution in [0.15, 0.2) is 0 Å². The van der Waals surface area contributed by atoms with Crippen LogP contribution in [0.1, 0.15) is 26.2 Å². The van der Waals surface area contributed by atoms with Crippen LogP contribution in [0.3, 0.4) is 0 Å². The zero-order valence-corrected chi connectivity index (χ0v) is 17.9. The fraction of sp³-hybridized carbons (Fsp3) is 0.882. The van der Waals surface area contributed by atoms with Crippen LogP contribution in [0.2, 0.25) is 0 Å². The van der Waals surface area contributed by atoms with E-state index in [2.05, 4.69) is 10.2 Å². The first-order valence-electron chi connectivity index (χ1n) is 9.21. The minimum Gasteiger partial charge on any atom is -0.385 e. The van der Waals surface area contributed by atoms with E-state index in [9.17, 15) is 9.59 Å². The highest BCUT2D eigenvalue weighted by Gasteiger charge is 2.35. The van der Waals surface area contributed by atoms with Gasteiger partial charge in [-0.05, 0) is 26.2 Å². The lowest BCUT2D eigenvalue weighted by Crippen LogP contribution is -2.56. The number of hydrogen-bond donors (Lipinski definition) is 2. The average molecular weight is 429 g/mol. The lowest BCUT2D eigenvalue weighted by atomic mass is 10.1. The number of methoxy groups -OCH3 is 1. The van der Waals surface area contributed by atoms with Crippen molar-refractivity contribution < 1.29 is 19.1 Å². The predicted octanol–water partition coefficient (Wildman–Crippen LogP) is 0.0217. The molecule has 2 aliphatic heterocycles. The van der Waals surface area contributed by atoms with Crippen molar-refractivity contribution in [3.63, 3.8) is 0 Å². The molecule has 2 amide bonds. The van der Waals surface area contributed by atoms with Crippen LogP contribution in [0.5, 0.6) is 0 Å². The fourth-order valence-corrected chi connectivity index (χ4v) is 3.34. The van der Waals surface area contributed by atoms with Crippen molar-refractivity contribution in [2.24, 2.45) is 5.73 Å². The minimum absolute atomic E-state index is 0. The zero-order valence-electron chi connectivity index (χ0n) is 16.2. The molecule has 0 aromatic heterocycles. The van der Waals surface area contributed by atoms with Crippen LogP contribution in [-0.2, 0) is 19.1 Å². The van der Waals surface area contributed by atoms with E-state index in [1.807, 2.05) is 11.8 Å². The van der Waals surface area contributed by atoms with Gasteiger partial charge < -0.3 is 25.4 Å². The van der Waals surface area contributed by atoms with Crippen LogP contribution in [0.4, 0.5) is 0 Å². The van der Waals surface area contributed by atoms with Crippen LogP contribution >= 0.6 is 24.8 Å². The third-order valence-corrected chi connectivity index (χ3v) is 5.02. The van der Waals surface area contributed by atoms with Crippen LogP contribution < -0.4 is 11.1 Å². The van der Waals surface area contributed by atoms with Crippen molar-refractivity contribution in [3.8, 4) is 0 Å². The zero-order chi connectivity index (χ0) is 18.2. The van der Waals surface area contributed by atoms with Crippen LogP contribution in [0.25, 0.3) is 0 Å². The lowest BCUT2D eigenvalue weighted by molar-refractivity contribution is -0.145. The molecule has 0 spiro atoms. The normalized spacial score (nSPS) is 23.9. The molecule has 0 saturated carbocycles. The molecule has 3 atom stereocenters. The van der Waals surface area contributed by atoms with Gasteiger partial charge in [0.1, 0.15) is 6.10 Å². The number of amides is 2. The van der Waals surface area contributed by atoms with Gasteiger partial charge in [0.05, 0.1) is 12.1 Å². The van der Waals surface area contributed by atoms with E-state index < -0.39 is 0 Å². The highest BCUT2D eigenvalue weighted by atomic mass is 35.5. The van der Waals surface area contributed by atoms with Crippen LogP contribution in [-0.4, -0.2) is 92.8 Å². The Balaban J connectivity index is 0.00000338. The Labute approximate surface area is 174 Å². The molecule has 0 bridgehead atoms. The maximum absolute atomic E-state index is 12.5. The molecule has 2 aliphatic rings. The fourth-order valence-electron chi connectivity index (χ4n) is 3.34. The summed E-state index contributed by atoms with van der Waals surface area (Å²) in [6, 6.07) is -0.191. The van der Waals surface area contributed by atoms with Crippen molar-refractivity contribution in [2.75, 3.05) is 53.0 Å². The van der Waals surface area contributed by atoms with Gasteiger partial charge in [-0.25, -0.2) is 0 Å². The third kappa shape index (κ3) is 7.71. The van der Waals surface area contributed by atoms with Gasteiger partial charge in [0.15, 0.2) is 0 Å². The number of piperazine rings is 1. The Morgan fingerprint density at radius 2 is 1.89 bits per heavy atom. The molecule has 1 unspecified atom stereocenters. The molecule has 0 radical (unpaired) electrons. The molecule has 0 aromatic rings. The molecule has 8 nitrogen and oxygen atoms in total. The van der Waals surface area contributed by atoms with Gasteiger partial charge in [0.25, 0.3) is 5.91 Å². The van der Waals surface area contributed by atoms with E-state index in [1.54, 1.807) is 7.11 Å². The largest absolute Gasteiger partial charge is 0.385 e. The second-order valence-electron chi connectivity index (χ2n) is 6.73. The summed E-state index contributed by atoms with van der Waals surface area (Å²) in [5, 5.41) is 2.93. The summed E-state index contributed by atoms with van der Waals surface area (Å²) in [7, 11) is 1.65. The summed E-state index contributed by atoms with van der Waals surface area (Å²) in [6.07, 6.45) is 2.08. The summed E-state index contributed by atoms with van der Waals surface area (Å²) in [5.74, 6) is 0.0908. The molecular weight excluding hydrogens is 395 g/mol. The molecule has 160 valence electrons. The van der Waals surface area contributed by atoms with Crippen molar-refractivity contribution in [2.45, 2.75) is 44.4 Å². The second kappa shape index (κ2) is 13.5. The maximum atomic E-state index is 12.5. The number of carbonyl (C=O) groups is 2. The van der Waals surface area contributed by atoms with Crippen LogP contribution in [0, 0.1) is 0 Å². The summed E-state index contributed by atoms with van der Waals surface area (Å²) >= 11 is 0. The van der Waals surface area contributed by atoms with Gasteiger partial charge in [-0.1, -0.05) is 0 Å². The molecule has 10 heteroatoms. The molecule has 2 fully saturated rings. The summed E-state index contributed by atoms with van der Waals surface area (Å²) < 4.78 is 10.7. The van der Waals surface area contributed by atoms with E-state index in [4.69, 9.17) is 15.2 Å². The number of nitrogens with one attached hydrogen (secondary N) is 1. The Bertz CT molecular complexity index is 451. The summed E-state index contributed by atoms with van der Waals surface area (Å²) in [6.45, 7) is 6.31. The summed E-state index contributed by atoms with van der Waals surface area (Å²) in [5.41, 5.74) is 5.60. The SMILES string of the molecule is COCCCNC(=O)C(C)N1CCN(C(=O)[C@@H]2CC[C@H](CN)O2)CC1.Cl.Cl. The summed E-state index contributed by atoms with van der Waals surface area (Å²) in [4.78, 5) is 28.7. The Morgan fingerprint density at radius 3 is 2.44 bits per heavy atom. The van der Waals surface area contributed by atoms with Gasteiger partial charge in [-0.3, -0.25) is 14.5 Å². The molecule has 2 saturated heterocycles. The maximum Gasteiger partial charge on any atom is 0.251 e. The third-order valence-electron chi connectivity index (χ3n) is 5.02. The molecule has 3 N–H and O–H groups in total. The molecule has 0 aromatic carbocycles. The van der Waals surface area contributed by atoms with Gasteiger partial charge in [0.2, 0.25) is 5.91 Å². The molecule has 2 heterocycles. The predicted molar refractivity (Wildman–Crippen MR) is 109 cm³/mol. The molecular formula is C17H34Cl2N4O4. The van der Waals surface area contributed by atoms with E-state index >= 15 is 0 Å². The van der Waals surface area contributed by atoms with E-state index in [0.717, 1.165) is 19.3 Å². The number of rotatable bonds is 8. The van der Waals surface area contributed by atoms with E-state index in [0.29, 0.717) is 45.9 Å². The topological polar surface area (TPSA) is 97.1 Å². The highest BCUT2D eigenvalue weighted by Crippen LogP contribution is 2.21. The second-order valence-corrected chi connectivity index (χ2v) is 6.73. The Kier molecular flexibility index (Phi) is 13.2. The van der Waals surface area contributed by atoms with Crippen molar-refractivity contribution in [1.82, 2.24) is 15.1 Å². The Hall–Kier alpha value is -0.640. The number of nitrogens with zero attached hydrogens (tertiary/aromatic N) is 2. The van der Waals surface area contributed by atoms with E-state index in [1.165, 1.54) is 0 Å². The minimum atomic E-state index is -0.346. The first-order valence-corrected chi connectivity index (χ1v) is 9.21. The lowest BCUT2D eigenvalue weighted by Gasteiger charge is -2.38. The first-order chi connectivity index (χ1) is 12.1. The average Bonchev–Trinajstić information content (AvgIpc) is 3.13. The van der Waals surface area contributed by atoms with Crippen molar-refractivity contribution >= 4 is 36.6 Å². The van der Waals surface area contributed by atoms with Gasteiger partial charge >= 0.3 is 0 Å². The monoisotopic (exact) mass is 428 g/mol. The number of hydrogen-bond acceptors (Lipinski definition) is 6. The molecule has 0 aliphatic carbocycles. The smallest absolute Gasteiger partial charge is 0.251 e. The number of carbonyl (C=O) groups excluding carboxylic acids is 2. The Morgan fingerprint density at radius 1 is 1.22 bits per heavy atom. The van der Waals surface area contributed by atoms with Crippen molar-refractivity contribution in [3.05, 3.63) is 0 Å². The molecule has 2 rings (SSSR count). The quantitative estimate of drug-likeness (QED) is 0.529. The first kappa shape index (κ1) is 26.4. The van der Waals surface area contributed by atoms with Gasteiger partial charge in [-0.15, -0.1) is 24.8 Å². The number of nitrogens with two attached hydrogens (primary N) is 1. The number of ether oxygens (including phenoxy) is 2. The van der Waals surface area contributed by atoms with E-state index in [-0.39, 0.29) is 54.9 Å². The standard InChI is InChI=1S/C17H32N4O4.2ClH/c1-13(16(22)19-6-3-11-24-2)20-7-9-21(10-8-20)17(23)15-5-4-14(12-18)25-15;;/h13-15H,3-12,18H2,1-2H3,(H,19,22);2*1H/t13?,14-,15+;;/m1../s1.